The Hall–Kier alpha value is -5.66. The molecule has 0 saturated carbocycles. The number of rotatable bonds is 4. The van der Waals surface area contributed by atoms with Crippen LogP contribution in [-0.4, -0.2) is 9.55 Å². The Morgan fingerprint density at radius 3 is 2.32 bits per heavy atom. The highest BCUT2D eigenvalue weighted by molar-refractivity contribution is 6.10. The first-order valence-corrected chi connectivity index (χ1v) is 15.0. The SMILES string of the molecule is Cc1c(-c2ncccc2C(C)C)cc(-c2ccc3oc4ccccc4c3c2)cc1-n1c2ccccc2c2cc(C#N)ccc21. The molecule has 5 aromatic carbocycles. The van der Waals surface area contributed by atoms with Crippen LogP contribution in [0.1, 0.15) is 36.5 Å². The number of para-hydroxylation sites is 2. The third-order valence-corrected chi connectivity index (χ3v) is 8.85. The maximum atomic E-state index is 9.69. The average molecular weight is 568 g/mol. The lowest BCUT2D eigenvalue weighted by Crippen LogP contribution is -2.03. The number of hydrogen-bond acceptors (Lipinski definition) is 3. The van der Waals surface area contributed by atoms with Gasteiger partial charge in [-0.1, -0.05) is 62.4 Å². The van der Waals surface area contributed by atoms with Crippen LogP contribution in [0.15, 0.2) is 120 Å². The van der Waals surface area contributed by atoms with E-state index < -0.39 is 0 Å². The molecule has 0 aliphatic carbocycles. The fourth-order valence-corrected chi connectivity index (χ4v) is 6.66. The molecule has 4 nitrogen and oxygen atoms in total. The normalized spacial score (nSPS) is 11.7. The molecular weight excluding hydrogens is 538 g/mol. The summed E-state index contributed by atoms with van der Waals surface area (Å²) in [5.74, 6) is 0.316. The summed E-state index contributed by atoms with van der Waals surface area (Å²) < 4.78 is 8.50. The average Bonchev–Trinajstić information content (AvgIpc) is 3.60. The summed E-state index contributed by atoms with van der Waals surface area (Å²) in [4.78, 5) is 4.96. The first-order valence-electron chi connectivity index (χ1n) is 15.0. The van der Waals surface area contributed by atoms with Gasteiger partial charge in [0, 0.05) is 33.3 Å². The zero-order valence-corrected chi connectivity index (χ0v) is 24.8. The Labute approximate surface area is 255 Å². The first-order chi connectivity index (χ1) is 21.5. The van der Waals surface area contributed by atoms with Crippen LogP contribution in [-0.2, 0) is 0 Å². The molecule has 4 heteroatoms. The maximum absolute atomic E-state index is 9.69. The van der Waals surface area contributed by atoms with Crippen LogP contribution in [0.4, 0.5) is 0 Å². The number of nitrogens with zero attached hydrogens (tertiary/aromatic N) is 3. The molecule has 0 N–H and O–H groups in total. The van der Waals surface area contributed by atoms with Crippen molar-refractivity contribution in [1.29, 1.82) is 5.26 Å². The molecule has 3 aromatic heterocycles. The van der Waals surface area contributed by atoms with E-state index in [1.54, 1.807) is 0 Å². The predicted octanol–water partition coefficient (Wildman–Crippen LogP) is 10.7. The second-order valence-corrected chi connectivity index (χ2v) is 11.8. The summed E-state index contributed by atoms with van der Waals surface area (Å²) in [6, 6.07) is 40.2. The molecule has 0 fully saturated rings. The summed E-state index contributed by atoms with van der Waals surface area (Å²) in [7, 11) is 0. The van der Waals surface area contributed by atoms with Crippen molar-refractivity contribution < 1.29 is 4.42 Å². The number of pyridine rings is 1. The smallest absolute Gasteiger partial charge is 0.135 e. The standard InChI is InChI=1S/C40H29N3O/c1-24(2)29-11-8-18-42-40(29)32-21-28(27-15-17-39-34(20-27)31-10-5-7-13-38(31)44-39)22-37(25(32)3)43-35-12-6-4-9-30(35)33-19-26(23-41)14-16-36(33)43/h4-22,24H,1-3H3. The van der Waals surface area contributed by atoms with Crippen LogP contribution < -0.4 is 0 Å². The molecule has 210 valence electrons. The van der Waals surface area contributed by atoms with E-state index in [2.05, 4.69) is 110 Å². The van der Waals surface area contributed by atoms with Crippen LogP contribution in [0.25, 0.3) is 71.8 Å². The summed E-state index contributed by atoms with van der Waals surface area (Å²) >= 11 is 0. The number of fused-ring (bicyclic) bond motifs is 6. The van der Waals surface area contributed by atoms with E-state index in [-0.39, 0.29) is 0 Å². The van der Waals surface area contributed by atoms with Crippen molar-refractivity contribution in [2.24, 2.45) is 0 Å². The summed E-state index contributed by atoms with van der Waals surface area (Å²) in [5, 5.41) is 14.1. The molecule has 0 saturated heterocycles. The van der Waals surface area contributed by atoms with Gasteiger partial charge >= 0.3 is 0 Å². The molecule has 0 unspecified atom stereocenters. The highest BCUT2D eigenvalue weighted by Gasteiger charge is 2.20. The fourth-order valence-electron chi connectivity index (χ4n) is 6.66. The van der Waals surface area contributed by atoms with E-state index in [9.17, 15) is 5.26 Å². The predicted molar refractivity (Wildman–Crippen MR) is 180 cm³/mol. The lowest BCUT2D eigenvalue weighted by Gasteiger charge is -2.20. The van der Waals surface area contributed by atoms with E-state index in [1.807, 2.05) is 36.5 Å². The van der Waals surface area contributed by atoms with E-state index in [4.69, 9.17) is 9.40 Å². The number of nitriles is 1. The van der Waals surface area contributed by atoms with Crippen LogP contribution in [0.2, 0.25) is 0 Å². The topological polar surface area (TPSA) is 54.8 Å². The van der Waals surface area contributed by atoms with Gasteiger partial charge in [0.15, 0.2) is 0 Å². The van der Waals surface area contributed by atoms with Crippen molar-refractivity contribution in [1.82, 2.24) is 9.55 Å². The van der Waals surface area contributed by atoms with Gasteiger partial charge in [-0.3, -0.25) is 4.98 Å². The molecule has 8 aromatic rings. The van der Waals surface area contributed by atoms with Crippen LogP contribution >= 0.6 is 0 Å². The Morgan fingerprint density at radius 2 is 1.48 bits per heavy atom. The van der Waals surface area contributed by atoms with E-state index >= 15 is 0 Å². The third-order valence-electron chi connectivity index (χ3n) is 8.85. The molecule has 0 aliphatic rings. The molecular formula is C40H29N3O. The number of hydrogen-bond donors (Lipinski definition) is 0. The van der Waals surface area contributed by atoms with E-state index in [0.717, 1.165) is 77.4 Å². The molecule has 0 atom stereocenters. The van der Waals surface area contributed by atoms with Crippen LogP contribution in [0.3, 0.4) is 0 Å². The van der Waals surface area contributed by atoms with Gasteiger partial charge in [-0.05, 0) is 95.8 Å². The zero-order chi connectivity index (χ0) is 29.9. The zero-order valence-electron chi connectivity index (χ0n) is 24.8. The van der Waals surface area contributed by atoms with Gasteiger partial charge in [-0.15, -0.1) is 0 Å². The molecule has 0 amide bonds. The Bertz CT molecular complexity index is 2450. The molecule has 3 heterocycles. The largest absolute Gasteiger partial charge is 0.456 e. The van der Waals surface area contributed by atoms with Gasteiger partial charge in [0.25, 0.3) is 0 Å². The van der Waals surface area contributed by atoms with Crippen molar-refractivity contribution in [3.8, 4) is 34.1 Å². The molecule has 0 radical (unpaired) electrons. The summed E-state index contributed by atoms with van der Waals surface area (Å²) in [6.07, 6.45) is 1.89. The number of aromatic nitrogens is 2. The molecule has 44 heavy (non-hydrogen) atoms. The van der Waals surface area contributed by atoms with Gasteiger partial charge in [0.2, 0.25) is 0 Å². The Morgan fingerprint density at radius 1 is 0.705 bits per heavy atom. The first kappa shape index (κ1) is 26.0. The van der Waals surface area contributed by atoms with Gasteiger partial charge in [-0.25, -0.2) is 0 Å². The number of furan rings is 1. The van der Waals surface area contributed by atoms with Crippen molar-refractivity contribution in [3.63, 3.8) is 0 Å². The minimum atomic E-state index is 0.316. The van der Waals surface area contributed by atoms with Crippen molar-refractivity contribution in [3.05, 3.63) is 132 Å². The van der Waals surface area contributed by atoms with Crippen molar-refractivity contribution >= 4 is 43.7 Å². The third kappa shape index (κ3) is 3.94. The lowest BCUT2D eigenvalue weighted by atomic mass is 9.91. The minimum Gasteiger partial charge on any atom is -0.456 e. The van der Waals surface area contributed by atoms with E-state index in [0.29, 0.717) is 11.5 Å². The molecule has 8 rings (SSSR count). The fraction of sp³-hybridized carbons (Fsp3) is 0.100. The van der Waals surface area contributed by atoms with Crippen LogP contribution in [0.5, 0.6) is 0 Å². The second kappa shape index (κ2) is 9.97. The van der Waals surface area contributed by atoms with Crippen molar-refractivity contribution in [2.75, 3.05) is 0 Å². The maximum Gasteiger partial charge on any atom is 0.135 e. The highest BCUT2D eigenvalue weighted by atomic mass is 16.3. The second-order valence-electron chi connectivity index (χ2n) is 11.8. The summed E-state index contributed by atoms with van der Waals surface area (Å²) in [5.41, 5.74) is 12.4. The Balaban J connectivity index is 1.47. The molecule has 0 aliphatic heterocycles. The van der Waals surface area contributed by atoms with Gasteiger partial charge in [0.05, 0.1) is 34.0 Å². The van der Waals surface area contributed by atoms with Crippen molar-refractivity contribution in [2.45, 2.75) is 26.7 Å². The quantitative estimate of drug-likeness (QED) is 0.213. The lowest BCUT2D eigenvalue weighted by molar-refractivity contribution is 0.669. The Kier molecular flexibility index (Phi) is 5.89. The highest BCUT2D eigenvalue weighted by Crippen LogP contribution is 2.41. The van der Waals surface area contributed by atoms with Gasteiger partial charge in [0.1, 0.15) is 11.2 Å². The van der Waals surface area contributed by atoms with Gasteiger partial charge in [-0.2, -0.15) is 5.26 Å². The monoisotopic (exact) mass is 567 g/mol. The van der Waals surface area contributed by atoms with Crippen LogP contribution in [0, 0.1) is 18.3 Å². The van der Waals surface area contributed by atoms with E-state index in [1.165, 1.54) is 5.56 Å². The molecule has 0 bridgehead atoms. The van der Waals surface area contributed by atoms with Gasteiger partial charge < -0.3 is 8.98 Å². The summed E-state index contributed by atoms with van der Waals surface area (Å²) in [6.45, 7) is 6.64. The minimum absolute atomic E-state index is 0.316. The number of benzene rings is 5. The molecule has 0 spiro atoms.